The average molecular weight is 309 g/mol. The smallest absolute Gasteiger partial charge is 0.128 e. The van der Waals surface area contributed by atoms with E-state index in [4.69, 9.17) is 21.3 Å². The van der Waals surface area contributed by atoms with Gasteiger partial charge in [0.15, 0.2) is 0 Å². The van der Waals surface area contributed by atoms with E-state index in [1.807, 2.05) is 19.1 Å². The molecule has 1 aromatic heterocycles. The maximum absolute atomic E-state index is 6.42. The maximum Gasteiger partial charge on any atom is 0.128 e. The second-order valence-electron chi connectivity index (χ2n) is 5.56. The summed E-state index contributed by atoms with van der Waals surface area (Å²) in [6.45, 7) is 8.71. The molecular formula is C17H25ClN2O. The van der Waals surface area contributed by atoms with Crippen molar-refractivity contribution in [1.82, 2.24) is 9.55 Å². The van der Waals surface area contributed by atoms with Gasteiger partial charge in [-0.3, -0.25) is 0 Å². The Morgan fingerprint density at radius 2 is 1.86 bits per heavy atom. The van der Waals surface area contributed by atoms with Crippen LogP contribution in [0.25, 0.3) is 11.0 Å². The third-order valence-electron chi connectivity index (χ3n) is 4.69. The third kappa shape index (κ3) is 2.64. The lowest BCUT2D eigenvalue weighted by Gasteiger charge is -2.35. The molecule has 2 rings (SSSR count). The number of rotatable bonds is 6. The third-order valence-corrected chi connectivity index (χ3v) is 4.89. The summed E-state index contributed by atoms with van der Waals surface area (Å²) in [6, 6.07) is 6.08. The maximum atomic E-state index is 6.42. The first kappa shape index (κ1) is 16.2. The number of hydrogen-bond donors (Lipinski definition) is 0. The van der Waals surface area contributed by atoms with E-state index in [1.165, 1.54) is 0 Å². The molecule has 0 aliphatic carbocycles. The van der Waals surface area contributed by atoms with Crippen LogP contribution in [-0.4, -0.2) is 16.7 Å². The lowest BCUT2D eigenvalue weighted by molar-refractivity contribution is 0.251. The molecular weight excluding hydrogens is 284 g/mol. The van der Waals surface area contributed by atoms with Crippen molar-refractivity contribution in [2.24, 2.45) is 0 Å². The number of alkyl halides is 1. The van der Waals surface area contributed by atoms with Gasteiger partial charge in [-0.05, 0) is 38.3 Å². The Morgan fingerprint density at radius 3 is 2.33 bits per heavy atom. The monoisotopic (exact) mass is 308 g/mol. The van der Waals surface area contributed by atoms with Crippen molar-refractivity contribution in [3.05, 3.63) is 24.0 Å². The van der Waals surface area contributed by atoms with Crippen LogP contribution >= 0.6 is 11.6 Å². The van der Waals surface area contributed by atoms with Crippen LogP contribution in [0.1, 0.15) is 58.2 Å². The van der Waals surface area contributed by atoms with Gasteiger partial charge in [-0.25, -0.2) is 4.98 Å². The number of nitrogens with zero attached hydrogens (tertiary/aromatic N) is 2. The molecule has 0 N–H and O–H groups in total. The Morgan fingerprint density at radius 1 is 1.24 bits per heavy atom. The van der Waals surface area contributed by atoms with Crippen molar-refractivity contribution in [3.63, 3.8) is 0 Å². The van der Waals surface area contributed by atoms with E-state index < -0.39 is 0 Å². The quantitative estimate of drug-likeness (QED) is 0.680. The Hall–Kier alpha value is -1.22. The Balaban J connectivity index is 2.78. The van der Waals surface area contributed by atoms with Crippen LogP contribution < -0.4 is 4.74 Å². The second-order valence-corrected chi connectivity index (χ2v) is 6.22. The van der Waals surface area contributed by atoms with Crippen LogP contribution in [0.4, 0.5) is 0 Å². The predicted octanol–water partition coefficient (Wildman–Crippen LogP) is 5.27. The number of halogens is 1. The predicted molar refractivity (Wildman–Crippen MR) is 89.4 cm³/mol. The Bertz CT molecular complexity index is 606. The summed E-state index contributed by atoms with van der Waals surface area (Å²) in [7, 11) is 1.68. The van der Waals surface area contributed by atoms with Crippen LogP contribution in [0, 0.1) is 0 Å². The summed E-state index contributed by atoms with van der Waals surface area (Å²) >= 11 is 6.42. The van der Waals surface area contributed by atoms with Gasteiger partial charge in [0, 0.05) is 11.6 Å². The number of imidazole rings is 1. The van der Waals surface area contributed by atoms with E-state index in [0.717, 1.165) is 41.9 Å². The van der Waals surface area contributed by atoms with Crippen LogP contribution in [0.5, 0.6) is 5.75 Å². The molecule has 0 aliphatic rings. The van der Waals surface area contributed by atoms with Crippen LogP contribution in [-0.2, 0) is 5.54 Å². The van der Waals surface area contributed by atoms with Gasteiger partial charge in [0.1, 0.15) is 11.6 Å². The van der Waals surface area contributed by atoms with Gasteiger partial charge in [-0.2, -0.15) is 0 Å². The Kier molecular flexibility index (Phi) is 4.82. The van der Waals surface area contributed by atoms with Crippen LogP contribution in [0.3, 0.4) is 0 Å². The van der Waals surface area contributed by atoms with Crippen molar-refractivity contribution in [2.75, 3.05) is 7.11 Å². The molecule has 1 aromatic carbocycles. The first-order chi connectivity index (χ1) is 10.0. The molecule has 21 heavy (non-hydrogen) atoms. The molecule has 4 heteroatoms. The molecule has 1 heterocycles. The zero-order valence-corrected chi connectivity index (χ0v) is 14.4. The zero-order valence-electron chi connectivity index (χ0n) is 13.6. The fraction of sp³-hybridized carbons (Fsp3) is 0.588. The van der Waals surface area contributed by atoms with E-state index in [0.29, 0.717) is 0 Å². The van der Waals surface area contributed by atoms with Gasteiger partial charge in [-0.1, -0.05) is 20.8 Å². The van der Waals surface area contributed by atoms with Gasteiger partial charge in [0.05, 0.1) is 23.5 Å². The van der Waals surface area contributed by atoms with Crippen molar-refractivity contribution in [2.45, 2.75) is 57.9 Å². The van der Waals surface area contributed by atoms with Crippen molar-refractivity contribution in [1.29, 1.82) is 0 Å². The van der Waals surface area contributed by atoms with Crippen molar-refractivity contribution >= 4 is 22.6 Å². The van der Waals surface area contributed by atoms with Gasteiger partial charge in [0.25, 0.3) is 0 Å². The minimum Gasteiger partial charge on any atom is -0.497 e. The molecule has 1 unspecified atom stereocenters. The molecule has 1 atom stereocenters. The van der Waals surface area contributed by atoms with E-state index in [1.54, 1.807) is 7.11 Å². The summed E-state index contributed by atoms with van der Waals surface area (Å²) in [5.41, 5.74) is 2.17. The van der Waals surface area contributed by atoms with Gasteiger partial charge < -0.3 is 9.30 Å². The topological polar surface area (TPSA) is 27.1 Å². The number of benzene rings is 1. The minimum absolute atomic E-state index is 0.0713. The largest absolute Gasteiger partial charge is 0.497 e. The highest BCUT2D eigenvalue weighted by atomic mass is 35.5. The first-order valence-electron chi connectivity index (χ1n) is 7.73. The van der Waals surface area contributed by atoms with Gasteiger partial charge in [-0.15, -0.1) is 11.6 Å². The normalized spacial score (nSPS) is 13.6. The minimum atomic E-state index is -0.118. The summed E-state index contributed by atoms with van der Waals surface area (Å²) in [4.78, 5) is 4.78. The molecule has 0 radical (unpaired) electrons. The van der Waals surface area contributed by atoms with Gasteiger partial charge in [0.2, 0.25) is 0 Å². The lowest BCUT2D eigenvalue weighted by atomic mass is 9.89. The fourth-order valence-corrected chi connectivity index (χ4v) is 3.34. The highest BCUT2D eigenvalue weighted by molar-refractivity contribution is 6.20. The number of methoxy groups -OCH3 is 1. The molecule has 0 saturated heterocycles. The molecule has 0 aliphatic heterocycles. The summed E-state index contributed by atoms with van der Waals surface area (Å²) in [6.07, 6.45) is 3.19. The number of aromatic nitrogens is 2. The molecule has 2 aromatic rings. The van der Waals surface area contributed by atoms with E-state index in [2.05, 4.69) is 31.4 Å². The van der Waals surface area contributed by atoms with E-state index >= 15 is 0 Å². The molecule has 116 valence electrons. The molecule has 3 nitrogen and oxygen atoms in total. The van der Waals surface area contributed by atoms with E-state index in [-0.39, 0.29) is 10.9 Å². The summed E-state index contributed by atoms with van der Waals surface area (Å²) in [5, 5.41) is -0.118. The number of ether oxygens (including phenoxy) is 1. The molecule has 0 amide bonds. The molecule has 0 fully saturated rings. The van der Waals surface area contributed by atoms with Crippen LogP contribution in [0.2, 0.25) is 0 Å². The van der Waals surface area contributed by atoms with Crippen LogP contribution in [0.15, 0.2) is 18.2 Å². The highest BCUT2D eigenvalue weighted by Gasteiger charge is 2.31. The summed E-state index contributed by atoms with van der Waals surface area (Å²) in [5.74, 6) is 1.78. The standard InChI is InChI=1S/C17H25ClN2O/c1-6-17(7-2,8-3)20-15-10-9-13(21-5)11-14(15)19-16(20)12(4)18/h9-12H,6-8H2,1-5H3. The molecule has 0 saturated carbocycles. The highest BCUT2D eigenvalue weighted by Crippen LogP contribution is 2.38. The first-order valence-corrected chi connectivity index (χ1v) is 8.17. The second kappa shape index (κ2) is 6.27. The van der Waals surface area contributed by atoms with Crippen molar-refractivity contribution < 1.29 is 4.74 Å². The average Bonchev–Trinajstić information content (AvgIpc) is 2.89. The van der Waals surface area contributed by atoms with Gasteiger partial charge >= 0.3 is 0 Å². The fourth-order valence-electron chi connectivity index (χ4n) is 3.20. The van der Waals surface area contributed by atoms with Crippen molar-refractivity contribution in [3.8, 4) is 5.75 Å². The molecule has 0 spiro atoms. The summed E-state index contributed by atoms with van der Waals surface area (Å²) < 4.78 is 7.67. The number of fused-ring (bicyclic) bond motifs is 1. The number of hydrogen-bond acceptors (Lipinski definition) is 2. The Labute approximate surface area is 132 Å². The SMILES string of the molecule is CCC(CC)(CC)n1c(C(C)Cl)nc2cc(OC)ccc21. The lowest BCUT2D eigenvalue weighted by Crippen LogP contribution is -2.33. The zero-order chi connectivity index (χ0) is 15.6. The molecule has 0 bridgehead atoms. The van der Waals surface area contributed by atoms with E-state index in [9.17, 15) is 0 Å².